The van der Waals surface area contributed by atoms with Crippen LogP contribution in [0.15, 0.2) is 77.6 Å². The van der Waals surface area contributed by atoms with Gasteiger partial charge in [0.15, 0.2) is 0 Å². The monoisotopic (exact) mass is 441 g/mol. The summed E-state index contributed by atoms with van der Waals surface area (Å²) < 4.78 is 0. The fourth-order valence-corrected chi connectivity index (χ4v) is 4.22. The number of nitro groups is 1. The summed E-state index contributed by atoms with van der Waals surface area (Å²) in [6.45, 7) is 4.24. The molecule has 1 aliphatic rings. The van der Waals surface area contributed by atoms with E-state index in [2.05, 4.69) is 14.8 Å². The number of piperazine rings is 1. The van der Waals surface area contributed by atoms with E-state index in [0.29, 0.717) is 16.7 Å². The van der Waals surface area contributed by atoms with Crippen molar-refractivity contribution in [2.45, 2.75) is 6.54 Å². The van der Waals surface area contributed by atoms with Gasteiger partial charge in [0.1, 0.15) is 5.82 Å². The van der Waals surface area contributed by atoms with Gasteiger partial charge in [-0.1, -0.05) is 36.4 Å². The molecular weight excluding hydrogens is 418 g/mol. The van der Waals surface area contributed by atoms with Gasteiger partial charge < -0.3 is 9.88 Å². The van der Waals surface area contributed by atoms with Crippen molar-refractivity contribution in [3.05, 3.63) is 98.8 Å². The molecule has 8 nitrogen and oxygen atoms in total. The fourth-order valence-electron chi connectivity index (χ4n) is 4.22. The maximum atomic E-state index is 12.6. The normalized spacial score (nSPS) is 14.5. The number of hydrogen-bond acceptors (Lipinski definition) is 6. The Kier molecular flexibility index (Phi) is 5.58. The fraction of sp³-hybridized carbons (Fsp3) is 0.200. The minimum Gasteiger partial charge on any atom is -0.369 e. The molecule has 33 heavy (non-hydrogen) atoms. The molecule has 1 N–H and O–H groups in total. The molecule has 166 valence electrons. The number of aromatic nitrogens is 2. The molecule has 0 spiro atoms. The summed E-state index contributed by atoms with van der Waals surface area (Å²) >= 11 is 0. The molecule has 0 unspecified atom stereocenters. The van der Waals surface area contributed by atoms with E-state index in [-0.39, 0.29) is 16.2 Å². The number of benzene rings is 3. The Morgan fingerprint density at radius 3 is 2.36 bits per heavy atom. The highest BCUT2D eigenvalue weighted by Gasteiger charge is 2.18. The number of nitro benzene ring substituents is 1. The maximum Gasteiger partial charge on any atom is 0.269 e. The first-order chi connectivity index (χ1) is 16.1. The van der Waals surface area contributed by atoms with Gasteiger partial charge in [-0.15, -0.1) is 0 Å². The van der Waals surface area contributed by atoms with Crippen LogP contribution in [0.25, 0.3) is 22.3 Å². The van der Waals surface area contributed by atoms with Crippen LogP contribution in [0.3, 0.4) is 0 Å². The third-order valence-electron chi connectivity index (χ3n) is 6.02. The van der Waals surface area contributed by atoms with Crippen LogP contribution >= 0.6 is 0 Å². The number of nitrogens with zero attached hydrogens (tertiary/aromatic N) is 4. The summed E-state index contributed by atoms with van der Waals surface area (Å²) in [5.74, 6) is 0.571. The largest absolute Gasteiger partial charge is 0.369 e. The minimum atomic E-state index is -0.378. The lowest BCUT2D eigenvalue weighted by Crippen LogP contribution is -2.45. The van der Waals surface area contributed by atoms with Crippen molar-refractivity contribution in [3.63, 3.8) is 0 Å². The van der Waals surface area contributed by atoms with Crippen LogP contribution in [0.2, 0.25) is 0 Å². The first-order valence-corrected chi connectivity index (χ1v) is 10.9. The van der Waals surface area contributed by atoms with Gasteiger partial charge in [-0.3, -0.25) is 19.8 Å². The average Bonchev–Trinajstić information content (AvgIpc) is 2.85. The Morgan fingerprint density at radius 1 is 0.939 bits per heavy atom. The van der Waals surface area contributed by atoms with E-state index in [4.69, 9.17) is 4.98 Å². The number of hydrogen-bond donors (Lipinski definition) is 1. The Bertz CT molecular complexity index is 1340. The van der Waals surface area contributed by atoms with E-state index in [1.54, 1.807) is 12.1 Å². The molecule has 1 saturated heterocycles. The zero-order valence-electron chi connectivity index (χ0n) is 18.0. The van der Waals surface area contributed by atoms with Crippen LogP contribution in [-0.2, 0) is 6.54 Å². The van der Waals surface area contributed by atoms with E-state index >= 15 is 0 Å². The Hall–Kier alpha value is -4.04. The molecule has 0 aliphatic carbocycles. The standard InChI is InChI=1S/C25H23N5O3/c31-25-22-11-6-18(16-23(22)26-24(27-25)19-4-2-1-3-5-19)17-28-12-14-29(15-13-28)20-7-9-21(10-8-20)30(32)33/h1-11,16H,12-15,17H2,(H,26,27,31). The molecular formula is C25H23N5O3. The average molecular weight is 441 g/mol. The van der Waals surface area contributed by atoms with Crippen LogP contribution in [0.1, 0.15) is 5.56 Å². The number of rotatable bonds is 5. The summed E-state index contributed by atoms with van der Waals surface area (Å²) in [4.78, 5) is 35.2. The predicted molar refractivity (Wildman–Crippen MR) is 128 cm³/mol. The van der Waals surface area contributed by atoms with Gasteiger partial charge in [0.05, 0.1) is 15.8 Å². The van der Waals surface area contributed by atoms with Crippen LogP contribution in [-0.4, -0.2) is 46.0 Å². The Morgan fingerprint density at radius 2 is 1.67 bits per heavy atom. The van der Waals surface area contributed by atoms with Crippen LogP contribution in [0, 0.1) is 10.1 Å². The van der Waals surface area contributed by atoms with Gasteiger partial charge in [-0.2, -0.15) is 0 Å². The highest BCUT2D eigenvalue weighted by atomic mass is 16.6. The van der Waals surface area contributed by atoms with Gasteiger partial charge in [0.25, 0.3) is 11.2 Å². The summed E-state index contributed by atoms with van der Waals surface area (Å²) in [6, 6.07) is 22.2. The smallest absolute Gasteiger partial charge is 0.269 e. The zero-order valence-corrected chi connectivity index (χ0v) is 18.0. The van der Waals surface area contributed by atoms with E-state index in [1.807, 2.05) is 60.7 Å². The lowest BCUT2D eigenvalue weighted by atomic mass is 10.1. The molecule has 5 rings (SSSR count). The second-order valence-corrected chi connectivity index (χ2v) is 8.17. The number of nitrogens with one attached hydrogen (secondary N) is 1. The maximum absolute atomic E-state index is 12.6. The number of non-ortho nitro benzene ring substituents is 1. The van der Waals surface area contributed by atoms with E-state index in [9.17, 15) is 14.9 Å². The van der Waals surface area contributed by atoms with Gasteiger partial charge in [0, 0.05) is 56.1 Å². The predicted octanol–water partition coefficient (Wildman–Crippen LogP) is 3.82. The van der Waals surface area contributed by atoms with Crippen molar-refractivity contribution in [1.29, 1.82) is 0 Å². The molecule has 2 heterocycles. The van der Waals surface area contributed by atoms with Crippen molar-refractivity contribution in [2.75, 3.05) is 31.1 Å². The number of aromatic amines is 1. The molecule has 0 amide bonds. The highest BCUT2D eigenvalue weighted by molar-refractivity contribution is 5.80. The summed E-state index contributed by atoms with van der Waals surface area (Å²) in [5, 5.41) is 11.4. The van der Waals surface area contributed by atoms with E-state index < -0.39 is 0 Å². The van der Waals surface area contributed by atoms with Gasteiger partial charge in [-0.25, -0.2) is 4.98 Å². The first-order valence-electron chi connectivity index (χ1n) is 10.9. The van der Waals surface area contributed by atoms with Crippen molar-refractivity contribution in [3.8, 4) is 11.4 Å². The van der Waals surface area contributed by atoms with Crippen LogP contribution < -0.4 is 10.5 Å². The van der Waals surface area contributed by atoms with Gasteiger partial charge in [-0.05, 0) is 29.8 Å². The van der Waals surface area contributed by atoms with Crippen molar-refractivity contribution < 1.29 is 4.92 Å². The molecule has 1 fully saturated rings. The van der Waals surface area contributed by atoms with Gasteiger partial charge in [0.2, 0.25) is 0 Å². The Labute approximate surface area is 190 Å². The quantitative estimate of drug-likeness (QED) is 0.374. The molecule has 3 aromatic carbocycles. The molecule has 4 aromatic rings. The van der Waals surface area contributed by atoms with Crippen LogP contribution in [0.5, 0.6) is 0 Å². The summed E-state index contributed by atoms with van der Waals surface area (Å²) in [7, 11) is 0. The lowest BCUT2D eigenvalue weighted by Gasteiger charge is -2.36. The second kappa shape index (κ2) is 8.84. The molecule has 0 radical (unpaired) electrons. The van der Waals surface area contributed by atoms with E-state index in [0.717, 1.165) is 49.5 Å². The SMILES string of the molecule is O=c1[nH]c(-c2ccccc2)nc2cc(CN3CCN(c4ccc([N+](=O)[O-])cc4)CC3)ccc12. The van der Waals surface area contributed by atoms with Crippen molar-refractivity contribution in [2.24, 2.45) is 0 Å². The van der Waals surface area contributed by atoms with Crippen molar-refractivity contribution in [1.82, 2.24) is 14.9 Å². The third-order valence-corrected chi connectivity index (χ3v) is 6.02. The number of anilines is 1. The topological polar surface area (TPSA) is 95.4 Å². The number of fused-ring (bicyclic) bond motifs is 1. The number of H-pyrrole nitrogens is 1. The molecule has 1 aliphatic heterocycles. The highest BCUT2D eigenvalue weighted by Crippen LogP contribution is 2.22. The molecule has 1 aromatic heterocycles. The van der Waals surface area contributed by atoms with Crippen molar-refractivity contribution >= 4 is 22.3 Å². The Balaban J connectivity index is 1.28. The van der Waals surface area contributed by atoms with Gasteiger partial charge >= 0.3 is 0 Å². The molecule has 0 bridgehead atoms. The summed E-state index contributed by atoms with van der Waals surface area (Å²) in [6.07, 6.45) is 0. The molecule has 0 atom stereocenters. The van der Waals surface area contributed by atoms with Crippen LogP contribution in [0.4, 0.5) is 11.4 Å². The zero-order chi connectivity index (χ0) is 22.8. The minimum absolute atomic E-state index is 0.108. The summed E-state index contributed by atoms with van der Waals surface area (Å²) in [5.41, 5.74) is 3.66. The lowest BCUT2D eigenvalue weighted by molar-refractivity contribution is -0.384. The second-order valence-electron chi connectivity index (χ2n) is 8.17. The first kappa shape index (κ1) is 20.8. The molecule has 0 saturated carbocycles. The molecule has 8 heteroatoms. The third kappa shape index (κ3) is 4.47. The van der Waals surface area contributed by atoms with E-state index in [1.165, 1.54) is 0 Å².